The number of ketones is 1. The van der Waals surface area contributed by atoms with E-state index in [4.69, 9.17) is 9.84 Å². The van der Waals surface area contributed by atoms with Crippen LogP contribution in [0.1, 0.15) is 30.0 Å². The molecule has 8 heteroatoms. The minimum atomic E-state index is -0.990. The second-order valence-electron chi connectivity index (χ2n) is 6.74. The maximum absolute atomic E-state index is 12.9. The lowest BCUT2D eigenvalue weighted by atomic mass is 9.94. The highest BCUT2D eigenvalue weighted by atomic mass is 79.9. The number of aliphatic hydroxyl groups excluding tert-OH is 1. The summed E-state index contributed by atoms with van der Waals surface area (Å²) in [6, 6.07) is 12.7. The van der Waals surface area contributed by atoms with Crippen LogP contribution < -0.4 is 4.74 Å². The lowest BCUT2D eigenvalue weighted by Crippen LogP contribution is -2.31. The topological polar surface area (TPSA) is 104 Å². The predicted octanol–water partition coefficient (Wildman–Crippen LogP) is 3.74. The Kier molecular flexibility index (Phi) is 6.56. The summed E-state index contributed by atoms with van der Waals surface area (Å²) in [5.74, 6) is -2.43. The summed E-state index contributed by atoms with van der Waals surface area (Å²) < 4.78 is 6.22. The number of aliphatic carboxylic acids is 1. The van der Waals surface area contributed by atoms with Crippen molar-refractivity contribution in [3.8, 4) is 5.75 Å². The van der Waals surface area contributed by atoms with Gasteiger partial charge in [0.2, 0.25) is 0 Å². The van der Waals surface area contributed by atoms with Gasteiger partial charge in [-0.1, -0.05) is 46.3 Å². The van der Waals surface area contributed by atoms with Gasteiger partial charge in [-0.25, -0.2) is 0 Å². The van der Waals surface area contributed by atoms with Crippen molar-refractivity contribution in [3.05, 3.63) is 69.7 Å². The van der Waals surface area contributed by atoms with Crippen LogP contribution in [-0.4, -0.2) is 46.4 Å². The number of amides is 1. The number of carbonyl (C=O) groups is 3. The molecule has 0 saturated carbocycles. The predicted molar refractivity (Wildman–Crippen MR) is 113 cm³/mol. The molecule has 0 unspecified atom stereocenters. The summed E-state index contributed by atoms with van der Waals surface area (Å²) in [7, 11) is 1.48. The van der Waals surface area contributed by atoms with Gasteiger partial charge in [0.1, 0.15) is 11.5 Å². The minimum Gasteiger partial charge on any atom is -0.507 e. The molecule has 0 radical (unpaired) electrons. The van der Waals surface area contributed by atoms with Gasteiger partial charge in [-0.15, -0.1) is 0 Å². The van der Waals surface area contributed by atoms with Crippen LogP contribution in [0.4, 0.5) is 0 Å². The SMILES string of the molecule is COc1ccccc1[C@@H]1C(=C(O)c2ccc(Br)cc2)C(=O)C(=O)N1CCCC(=O)O. The van der Waals surface area contributed by atoms with Crippen molar-refractivity contribution in [2.75, 3.05) is 13.7 Å². The molecule has 0 aromatic heterocycles. The maximum atomic E-state index is 12.9. The second kappa shape index (κ2) is 9.13. The molecule has 3 rings (SSSR count). The van der Waals surface area contributed by atoms with Crippen LogP contribution in [0.25, 0.3) is 5.76 Å². The van der Waals surface area contributed by atoms with Crippen molar-refractivity contribution < 1.29 is 29.3 Å². The Labute approximate surface area is 181 Å². The van der Waals surface area contributed by atoms with Gasteiger partial charge >= 0.3 is 5.97 Å². The molecule has 0 spiro atoms. The van der Waals surface area contributed by atoms with Gasteiger partial charge in [0.15, 0.2) is 0 Å². The molecule has 2 aromatic rings. The first-order chi connectivity index (χ1) is 14.3. The third-order valence-corrected chi connectivity index (χ3v) is 5.41. The number of likely N-dealkylation sites (tertiary alicyclic amines) is 1. The smallest absolute Gasteiger partial charge is 0.303 e. The first kappa shape index (κ1) is 21.6. The molecule has 0 bridgehead atoms. The highest BCUT2D eigenvalue weighted by Crippen LogP contribution is 2.42. The first-order valence-corrected chi connectivity index (χ1v) is 10.0. The fourth-order valence-electron chi connectivity index (χ4n) is 3.49. The van der Waals surface area contributed by atoms with Crippen molar-refractivity contribution in [2.45, 2.75) is 18.9 Å². The highest BCUT2D eigenvalue weighted by molar-refractivity contribution is 9.10. The molecular formula is C22H20BrNO6. The molecule has 1 fully saturated rings. The van der Waals surface area contributed by atoms with Crippen molar-refractivity contribution >= 4 is 39.3 Å². The average Bonchev–Trinajstić information content (AvgIpc) is 2.98. The van der Waals surface area contributed by atoms with E-state index in [0.717, 1.165) is 4.47 Å². The van der Waals surface area contributed by atoms with Crippen molar-refractivity contribution in [1.82, 2.24) is 4.90 Å². The number of hydrogen-bond acceptors (Lipinski definition) is 5. The number of Topliss-reactive ketones (excluding diaryl/α,β-unsaturated/α-hetero) is 1. The summed E-state index contributed by atoms with van der Waals surface area (Å²) in [4.78, 5) is 37.9. The summed E-state index contributed by atoms with van der Waals surface area (Å²) >= 11 is 3.33. The van der Waals surface area contributed by atoms with Crippen LogP contribution in [0.5, 0.6) is 5.75 Å². The molecule has 1 aliphatic heterocycles. The van der Waals surface area contributed by atoms with Crippen molar-refractivity contribution in [3.63, 3.8) is 0 Å². The molecule has 1 atom stereocenters. The number of carbonyl (C=O) groups excluding carboxylic acids is 2. The quantitative estimate of drug-likeness (QED) is 0.360. The monoisotopic (exact) mass is 473 g/mol. The zero-order chi connectivity index (χ0) is 21.8. The number of rotatable bonds is 7. The van der Waals surface area contributed by atoms with Gasteiger partial charge in [0.25, 0.3) is 11.7 Å². The molecule has 1 heterocycles. The van der Waals surface area contributed by atoms with E-state index in [1.165, 1.54) is 12.0 Å². The number of ether oxygens (including phenoxy) is 1. The van der Waals surface area contributed by atoms with Crippen LogP contribution in [0, 0.1) is 0 Å². The fourth-order valence-corrected chi connectivity index (χ4v) is 3.75. The van der Waals surface area contributed by atoms with Gasteiger partial charge in [0.05, 0.1) is 18.7 Å². The maximum Gasteiger partial charge on any atom is 0.303 e. The molecular weight excluding hydrogens is 454 g/mol. The van der Waals surface area contributed by atoms with Gasteiger partial charge in [-0.05, 0) is 24.6 Å². The molecule has 1 aliphatic rings. The van der Waals surface area contributed by atoms with Crippen molar-refractivity contribution in [1.29, 1.82) is 0 Å². The Morgan fingerprint density at radius 1 is 1.10 bits per heavy atom. The number of nitrogens with zero attached hydrogens (tertiary/aromatic N) is 1. The minimum absolute atomic E-state index is 0.0523. The molecule has 2 N–H and O–H groups in total. The standard InChI is InChI=1S/C22H20BrNO6/c1-30-16-6-3-2-5-15(16)19-18(20(27)13-8-10-14(23)11-9-13)21(28)22(29)24(19)12-4-7-17(25)26/h2-3,5-6,8-11,19,27H,4,7,12H2,1H3,(H,25,26)/t19-/m1/s1. The first-order valence-electron chi connectivity index (χ1n) is 9.24. The van der Waals surface area contributed by atoms with E-state index in [9.17, 15) is 19.5 Å². The number of para-hydroxylation sites is 1. The number of aliphatic hydroxyl groups is 1. The van der Waals surface area contributed by atoms with E-state index in [0.29, 0.717) is 16.9 Å². The molecule has 1 amide bonds. The van der Waals surface area contributed by atoms with Crippen LogP contribution >= 0.6 is 15.9 Å². The van der Waals surface area contributed by atoms with Gasteiger partial charge in [0, 0.05) is 28.6 Å². The number of methoxy groups -OCH3 is 1. The Balaban J connectivity index is 2.14. The number of carboxylic acid groups (broad SMARTS) is 1. The summed E-state index contributed by atoms with van der Waals surface area (Å²) in [5.41, 5.74) is 0.872. The highest BCUT2D eigenvalue weighted by Gasteiger charge is 2.46. The van der Waals surface area contributed by atoms with Crippen LogP contribution in [0.3, 0.4) is 0 Å². The number of benzene rings is 2. The Morgan fingerprint density at radius 2 is 1.77 bits per heavy atom. The summed E-state index contributed by atoms with van der Waals surface area (Å²) in [6.45, 7) is 0.0523. The normalized spacial score (nSPS) is 17.9. The third kappa shape index (κ3) is 4.23. The van der Waals surface area contributed by atoms with Crippen LogP contribution in [0.2, 0.25) is 0 Å². The molecule has 2 aromatic carbocycles. The van der Waals surface area contributed by atoms with E-state index in [1.807, 2.05) is 0 Å². The van der Waals surface area contributed by atoms with Crippen LogP contribution in [-0.2, 0) is 14.4 Å². The Morgan fingerprint density at radius 3 is 2.40 bits per heavy atom. The van der Waals surface area contributed by atoms with Crippen molar-refractivity contribution in [2.24, 2.45) is 0 Å². The number of carboxylic acids is 1. The third-order valence-electron chi connectivity index (χ3n) is 4.88. The molecule has 30 heavy (non-hydrogen) atoms. The lowest BCUT2D eigenvalue weighted by Gasteiger charge is -2.26. The number of hydrogen-bond donors (Lipinski definition) is 2. The van der Waals surface area contributed by atoms with E-state index >= 15 is 0 Å². The largest absolute Gasteiger partial charge is 0.507 e. The Bertz CT molecular complexity index is 1010. The van der Waals surface area contributed by atoms with E-state index in [1.54, 1.807) is 48.5 Å². The zero-order valence-electron chi connectivity index (χ0n) is 16.2. The van der Waals surface area contributed by atoms with Crippen LogP contribution in [0.15, 0.2) is 58.6 Å². The molecule has 156 valence electrons. The van der Waals surface area contributed by atoms with Gasteiger partial charge in [-0.3, -0.25) is 14.4 Å². The summed E-state index contributed by atoms with van der Waals surface area (Å²) in [6.07, 6.45) is 0.0285. The molecule has 0 aliphatic carbocycles. The molecule has 7 nitrogen and oxygen atoms in total. The average molecular weight is 474 g/mol. The zero-order valence-corrected chi connectivity index (χ0v) is 17.8. The van der Waals surface area contributed by atoms with Gasteiger partial charge in [-0.2, -0.15) is 0 Å². The number of halogens is 1. The second-order valence-corrected chi connectivity index (χ2v) is 7.65. The summed E-state index contributed by atoms with van der Waals surface area (Å²) in [5, 5.41) is 19.9. The van der Waals surface area contributed by atoms with Gasteiger partial charge < -0.3 is 19.8 Å². The molecule has 1 saturated heterocycles. The van der Waals surface area contributed by atoms with E-state index in [-0.39, 0.29) is 30.7 Å². The van der Waals surface area contributed by atoms with E-state index < -0.39 is 23.7 Å². The lowest BCUT2D eigenvalue weighted by molar-refractivity contribution is -0.140. The fraction of sp³-hybridized carbons (Fsp3) is 0.227. The Hall–Kier alpha value is -3.13. The van der Waals surface area contributed by atoms with E-state index in [2.05, 4.69) is 15.9 Å².